The summed E-state index contributed by atoms with van der Waals surface area (Å²) in [5.41, 5.74) is 2.67. The van der Waals surface area contributed by atoms with Crippen LogP contribution < -0.4 is 14.8 Å². The molecule has 3 aromatic rings. The van der Waals surface area contributed by atoms with E-state index >= 15 is 0 Å². The van der Waals surface area contributed by atoms with Gasteiger partial charge in [0.2, 0.25) is 15.9 Å². The Hall–Kier alpha value is -2.33. The average Bonchev–Trinajstić information content (AvgIpc) is 2.90. The quantitative estimate of drug-likeness (QED) is 0.226. The smallest absolute Gasteiger partial charge is 0.242 e. The number of carbonyl (C=O) groups is 1. The zero-order valence-electron chi connectivity index (χ0n) is 23.2. The molecule has 0 spiro atoms. The van der Waals surface area contributed by atoms with Crippen molar-refractivity contribution in [2.24, 2.45) is 5.92 Å². The molecule has 3 aromatic carbocycles. The van der Waals surface area contributed by atoms with Gasteiger partial charge in [0.15, 0.2) is 0 Å². The maximum absolute atomic E-state index is 13.4. The minimum Gasteiger partial charge on any atom is -0.493 e. The molecular formula is C30H34Cl3N3O4S. The van der Waals surface area contributed by atoms with Crippen molar-refractivity contribution in [3.63, 3.8) is 0 Å². The van der Waals surface area contributed by atoms with E-state index in [9.17, 15) is 13.2 Å². The molecule has 220 valence electrons. The molecule has 0 fully saturated rings. The topological polar surface area (TPSA) is 87.7 Å². The molecule has 0 aliphatic carbocycles. The summed E-state index contributed by atoms with van der Waals surface area (Å²) < 4.78 is 35.3. The summed E-state index contributed by atoms with van der Waals surface area (Å²) in [6.45, 7) is 6.63. The highest BCUT2D eigenvalue weighted by Crippen LogP contribution is 2.35. The van der Waals surface area contributed by atoms with Gasteiger partial charge in [-0.1, -0.05) is 91.1 Å². The first-order chi connectivity index (χ1) is 19.4. The number of nitrogens with one attached hydrogen (secondary N) is 2. The summed E-state index contributed by atoms with van der Waals surface area (Å²) in [6, 6.07) is 16.4. The number of fused-ring (bicyclic) bond motifs is 1. The lowest BCUT2D eigenvalue weighted by Gasteiger charge is -2.28. The largest absolute Gasteiger partial charge is 0.493 e. The van der Waals surface area contributed by atoms with Gasteiger partial charge in [-0.3, -0.25) is 4.79 Å². The van der Waals surface area contributed by atoms with Gasteiger partial charge in [0.1, 0.15) is 10.6 Å². The monoisotopic (exact) mass is 637 g/mol. The summed E-state index contributed by atoms with van der Waals surface area (Å²) in [4.78, 5) is 15.4. The van der Waals surface area contributed by atoms with E-state index in [1.165, 1.54) is 12.1 Å². The Balaban J connectivity index is 1.51. The van der Waals surface area contributed by atoms with Crippen molar-refractivity contribution < 1.29 is 17.9 Å². The van der Waals surface area contributed by atoms with Gasteiger partial charge in [-0.05, 0) is 42.3 Å². The zero-order valence-corrected chi connectivity index (χ0v) is 26.2. The second-order valence-electron chi connectivity index (χ2n) is 10.7. The van der Waals surface area contributed by atoms with Gasteiger partial charge < -0.3 is 15.0 Å². The van der Waals surface area contributed by atoms with E-state index in [2.05, 4.69) is 41.9 Å². The van der Waals surface area contributed by atoms with Crippen molar-refractivity contribution in [3.05, 3.63) is 92.4 Å². The molecule has 1 heterocycles. The molecule has 0 saturated heterocycles. The van der Waals surface area contributed by atoms with Crippen LogP contribution >= 0.6 is 34.8 Å². The van der Waals surface area contributed by atoms with E-state index in [-0.39, 0.29) is 38.3 Å². The molecular weight excluding hydrogens is 605 g/mol. The van der Waals surface area contributed by atoms with Gasteiger partial charge in [0, 0.05) is 31.5 Å². The number of nitrogens with zero attached hydrogens (tertiary/aromatic N) is 1. The zero-order chi connectivity index (χ0) is 29.7. The standard InChI is InChI=1S/C30H34Cl3N3O4S/c1-19(2)17-36(3)18-20-9-10-22-26(11-12-40-28(22)13-20)34-30(37)16-27(21-7-5-4-6-8-21)35-41(38,39)29-15-24(32)23(31)14-25(29)33/h4-10,13-15,19,26-27,35H,11-12,16-18H2,1-3H3,(H,34,37). The number of hydrogen-bond acceptors (Lipinski definition) is 5. The van der Waals surface area contributed by atoms with Crippen molar-refractivity contribution in [2.45, 2.75) is 50.2 Å². The maximum Gasteiger partial charge on any atom is 0.242 e. The lowest BCUT2D eigenvalue weighted by atomic mass is 9.97. The summed E-state index contributed by atoms with van der Waals surface area (Å²) in [7, 11) is -2.06. The molecule has 2 unspecified atom stereocenters. The Bertz CT molecular complexity index is 1490. The van der Waals surface area contributed by atoms with Crippen LogP contribution in [-0.4, -0.2) is 39.4 Å². The third kappa shape index (κ3) is 8.37. The number of ether oxygens (including phenoxy) is 1. The summed E-state index contributed by atoms with van der Waals surface area (Å²) in [5.74, 6) is 1.02. The lowest BCUT2D eigenvalue weighted by Crippen LogP contribution is -2.36. The minimum atomic E-state index is -4.16. The lowest BCUT2D eigenvalue weighted by molar-refractivity contribution is -0.122. The first-order valence-electron chi connectivity index (χ1n) is 13.4. The van der Waals surface area contributed by atoms with E-state index in [0.717, 1.165) is 30.0 Å². The molecule has 4 rings (SSSR count). The highest BCUT2D eigenvalue weighted by Gasteiger charge is 2.29. The van der Waals surface area contributed by atoms with Crippen molar-refractivity contribution in [1.29, 1.82) is 0 Å². The predicted molar refractivity (Wildman–Crippen MR) is 164 cm³/mol. The number of amides is 1. The van der Waals surface area contributed by atoms with Gasteiger partial charge >= 0.3 is 0 Å². The van der Waals surface area contributed by atoms with Crippen molar-refractivity contribution >= 4 is 50.7 Å². The van der Waals surface area contributed by atoms with Crippen LogP contribution in [0.15, 0.2) is 65.6 Å². The molecule has 0 saturated carbocycles. The van der Waals surface area contributed by atoms with E-state index < -0.39 is 16.1 Å². The molecule has 2 atom stereocenters. The van der Waals surface area contributed by atoms with Crippen LogP contribution in [0, 0.1) is 5.92 Å². The number of benzene rings is 3. The molecule has 7 nitrogen and oxygen atoms in total. The van der Waals surface area contributed by atoms with Crippen LogP contribution in [0.2, 0.25) is 15.1 Å². The second-order valence-corrected chi connectivity index (χ2v) is 13.6. The fourth-order valence-electron chi connectivity index (χ4n) is 4.99. The molecule has 0 radical (unpaired) electrons. The van der Waals surface area contributed by atoms with Crippen LogP contribution in [0.4, 0.5) is 0 Å². The highest BCUT2D eigenvalue weighted by molar-refractivity contribution is 7.89. The average molecular weight is 639 g/mol. The van der Waals surface area contributed by atoms with E-state index in [1.807, 2.05) is 18.2 Å². The van der Waals surface area contributed by atoms with E-state index in [1.54, 1.807) is 24.3 Å². The number of rotatable bonds is 11. The highest BCUT2D eigenvalue weighted by atomic mass is 35.5. The predicted octanol–water partition coefficient (Wildman–Crippen LogP) is 6.78. The van der Waals surface area contributed by atoms with Crippen molar-refractivity contribution in [3.8, 4) is 5.75 Å². The molecule has 2 N–H and O–H groups in total. The van der Waals surface area contributed by atoms with Gasteiger partial charge in [0.25, 0.3) is 0 Å². The second kappa shape index (κ2) is 13.8. The Morgan fingerprint density at radius 2 is 1.73 bits per heavy atom. The van der Waals surface area contributed by atoms with Gasteiger partial charge in [0.05, 0.1) is 33.8 Å². The molecule has 0 aromatic heterocycles. The van der Waals surface area contributed by atoms with E-state index in [4.69, 9.17) is 39.5 Å². The van der Waals surface area contributed by atoms with Gasteiger partial charge in [-0.2, -0.15) is 0 Å². The molecule has 41 heavy (non-hydrogen) atoms. The molecule has 0 bridgehead atoms. The van der Waals surface area contributed by atoms with Crippen LogP contribution in [-0.2, 0) is 21.4 Å². The normalized spacial score (nSPS) is 15.9. The first kappa shape index (κ1) is 31.6. The van der Waals surface area contributed by atoms with Crippen molar-refractivity contribution in [1.82, 2.24) is 14.9 Å². The van der Waals surface area contributed by atoms with E-state index in [0.29, 0.717) is 24.5 Å². The molecule has 1 aliphatic rings. The fraction of sp³-hybridized carbons (Fsp3) is 0.367. The maximum atomic E-state index is 13.4. The first-order valence-corrected chi connectivity index (χ1v) is 16.0. The fourth-order valence-corrected chi connectivity index (χ4v) is 7.22. The number of hydrogen-bond donors (Lipinski definition) is 2. The van der Waals surface area contributed by atoms with Crippen LogP contribution in [0.3, 0.4) is 0 Å². The molecule has 1 aliphatic heterocycles. The Kier molecular flexibility index (Phi) is 10.6. The Morgan fingerprint density at radius 3 is 2.44 bits per heavy atom. The summed E-state index contributed by atoms with van der Waals surface area (Å²) in [6.07, 6.45) is 0.471. The Labute approximate surface area is 257 Å². The van der Waals surface area contributed by atoms with Crippen LogP contribution in [0.5, 0.6) is 5.75 Å². The SMILES string of the molecule is CC(C)CN(C)Cc1ccc2c(c1)OCCC2NC(=O)CC(NS(=O)(=O)c1cc(Cl)c(Cl)cc1Cl)c1ccccc1. The number of sulfonamides is 1. The van der Waals surface area contributed by atoms with Crippen LogP contribution in [0.25, 0.3) is 0 Å². The third-order valence-electron chi connectivity index (χ3n) is 6.74. The van der Waals surface area contributed by atoms with Crippen molar-refractivity contribution in [2.75, 3.05) is 20.2 Å². The number of halogens is 3. The van der Waals surface area contributed by atoms with Gasteiger partial charge in [-0.25, -0.2) is 13.1 Å². The summed E-state index contributed by atoms with van der Waals surface area (Å²) >= 11 is 18.3. The minimum absolute atomic E-state index is 0.0540. The third-order valence-corrected chi connectivity index (χ3v) is 9.39. The number of carbonyl (C=O) groups excluding carboxylic acids is 1. The molecule has 1 amide bonds. The van der Waals surface area contributed by atoms with Crippen LogP contribution in [0.1, 0.15) is 55.5 Å². The molecule has 11 heteroatoms. The van der Waals surface area contributed by atoms with Gasteiger partial charge in [-0.15, -0.1) is 0 Å². The summed E-state index contributed by atoms with van der Waals surface area (Å²) in [5, 5.41) is 3.21. The Morgan fingerprint density at radius 1 is 1.02 bits per heavy atom.